The first-order valence-corrected chi connectivity index (χ1v) is 7.85. The summed E-state index contributed by atoms with van der Waals surface area (Å²) in [5.74, 6) is -0.0325. The molecule has 0 aliphatic heterocycles. The molecule has 1 N–H and O–H groups in total. The van der Waals surface area contributed by atoms with Crippen molar-refractivity contribution in [1.29, 1.82) is 0 Å². The second-order valence-electron chi connectivity index (χ2n) is 5.90. The van der Waals surface area contributed by atoms with E-state index in [2.05, 4.69) is 52.7 Å². The second kappa shape index (κ2) is 6.75. The zero-order valence-corrected chi connectivity index (χ0v) is 13.0. The van der Waals surface area contributed by atoms with Crippen LogP contribution in [-0.2, 0) is 13.1 Å². The van der Waals surface area contributed by atoms with E-state index >= 15 is 0 Å². The summed E-state index contributed by atoms with van der Waals surface area (Å²) in [4.78, 5) is 14.1. The van der Waals surface area contributed by atoms with Crippen LogP contribution in [0.25, 0.3) is 0 Å². The van der Waals surface area contributed by atoms with Gasteiger partial charge in [0.15, 0.2) is 0 Å². The van der Waals surface area contributed by atoms with Crippen molar-refractivity contribution >= 4 is 5.91 Å². The van der Waals surface area contributed by atoms with E-state index in [0.717, 1.165) is 13.1 Å². The van der Waals surface area contributed by atoms with Crippen molar-refractivity contribution in [1.82, 2.24) is 10.2 Å². The minimum absolute atomic E-state index is 0.0325. The topological polar surface area (TPSA) is 32.3 Å². The summed E-state index contributed by atoms with van der Waals surface area (Å²) in [6.45, 7) is 1.93. The molecule has 0 spiro atoms. The van der Waals surface area contributed by atoms with Gasteiger partial charge in [0, 0.05) is 31.7 Å². The van der Waals surface area contributed by atoms with Gasteiger partial charge in [-0.1, -0.05) is 42.5 Å². The minimum Gasteiger partial charge on any atom is -0.355 e. The van der Waals surface area contributed by atoms with Crippen LogP contribution in [0.3, 0.4) is 0 Å². The number of benzene rings is 2. The van der Waals surface area contributed by atoms with Crippen LogP contribution in [0.15, 0.2) is 54.6 Å². The van der Waals surface area contributed by atoms with Gasteiger partial charge in [0.05, 0.1) is 0 Å². The summed E-state index contributed by atoms with van der Waals surface area (Å²) in [7, 11) is 1.66. The Morgan fingerprint density at radius 2 is 1.59 bits per heavy atom. The zero-order valence-electron chi connectivity index (χ0n) is 13.0. The van der Waals surface area contributed by atoms with Gasteiger partial charge in [0.2, 0.25) is 0 Å². The summed E-state index contributed by atoms with van der Waals surface area (Å²) >= 11 is 0. The molecule has 3 heteroatoms. The van der Waals surface area contributed by atoms with E-state index in [4.69, 9.17) is 0 Å². The lowest BCUT2D eigenvalue weighted by Crippen LogP contribution is -2.25. The summed E-state index contributed by atoms with van der Waals surface area (Å²) in [5, 5.41) is 2.65. The Balaban J connectivity index is 1.67. The molecule has 2 aromatic rings. The third kappa shape index (κ3) is 3.74. The average molecular weight is 294 g/mol. The molecule has 1 aliphatic carbocycles. The van der Waals surface area contributed by atoms with Crippen molar-refractivity contribution < 1.29 is 4.79 Å². The number of carbonyl (C=O) groups is 1. The number of amides is 1. The highest BCUT2D eigenvalue weighted by atomic mass is 16.1. The molecule has 2 aromatic carbocycles. The highest BCUT2D eigenvalue weighted by Gasteiger charge is 2.28. The molecule has 3 rings (SSSR count). The molecule has 1 saturated carbocycles. The van der Waals surface area contributed by atoms with Gasteiger partial charge in [-0.25, -0.2) is 0 Å². The number of nitrogens with zero attached hydrogens (tertiary/aromatic N) is 1. The zero-order chi connectivity index (χ0) is 15.4. The fraction of sp³-hybridized carbons (Fsp3) is 0.316. The summed E-state index contributed by atoms with van der Waals surface area (Å²) < 4.78 is 0. The number of nitrogens with one attached hydrogen (secondary N) is 1. The van der Waals surface area contributed by atoms with E-state index in [1.54, 1.807) is 7.05 Å². The molecule has 0 bridgehead atoms. The van der Waals surface area contributed by atoms with Crippen LogP contribution < -0.4 is 5.32 Å². The van der Waals surface area contributed by atoms with Gasteiger partial charge >= 0.3 is 0 Å². The average Bonchev–Trinajstić information content (AvgIpc) is 3.40. The molecule has 0 aromatic heterocycles. The Bertz CT molecular complexity index is 618. The van der Waals surface area contributed by atoms with Crippen molar-refractivity contribution in [2.45, 2.75) is 32.0 Å². The molecule has 3 nitrogen and oxygen atoms in total. The quantitative estimate of drug-likeness (QED) is 0.887. The van der Waals surface area contributed by atoms with Gasteiger partial charge in [-0.05, 0) is 36.1 Å². The van der Waals surface area contributed by atoms with Crippen LogP contribution in [0.1, 0.15) is 34.3 Å². The van der Waals surface area contributed by atoms with E-state index < -0.39 is 0 Å². The van der Waals surface area contributed by atoms with Crippen molar-refractivity contribution in [2.75, 3.05) is 7.05 Å². The Hall–Kier alpha value is -2.13. The highest BCUT2D eigenvalue weighted by molar-refractivity contribution is 5.93. The number of hydrogen-bond acceptors (Lipinski definition) is 2. The molecule has 0 unspecified atom stereocenters. The lowest BCUT2D eigenvalue weighted by Gasteiger charge is -2.22. The number of rotatable bonds is 6. The molecule has 0 radical (unpaired) electrons. The van der Waals surface area contributed by atoms with Gasteiger partial charge in [-0.2, -0.15) is 0 Å². The van der Waals surface area contributed by atoms with Crippen molar-refractivity contribution in [3.05, 3.63) is 71.3 Å². The fourth-order valence-electron chi connectivity index (χ4n) is 2.71. The first-order chi connectivity index (χ1) is 10.8. The maximum absolute atomic E-state index is 11.6. The monoisotopic (exact) mass is 294 g/mol. The predicted octanol–water partition coefficient (Wildman–Crippen LogP) is 3.21. The van der Waals surface area contributed by atoms with Crippen LogP contribution in [-0.4, -0.2) is 23.9 Å². The third-order valence-electron chi connectivity index (χ3n) is 4.12. The molecular weight excluding hydrogens is 272 g/mol. The third-order valence-corrected chi connectivity index (χ3v) is 4.12. The van der Waals surface area contributed by atoms with Crippen LogP contribution in [0.5, 0.6) is 0 Å². The normalized spacial score (nSPS) is 14.1. The first kappa shape index (κ1) is 14.8. The van der Waals surface area contributed by atoms with Gasteiger partial charge in [-0.15, -0.1) is 0 Å². The fourth-order valence-corrected chi connectivity index (χ4v) is 2.71. The molecular formula is C19H22N2O. The second-order valence-corrected chi connectivity index (χ2v) is 5.90. The van der Waals surface area contributed by atoms with Gasteiger partial charge in [0.25, 0.3) is 5.91 Å². The van der Waals surface area contributed by atoms with Crippen molar-refractivity contribution in [3.63, 3.8) is 0 Å². The van der Waals surface area contributed by atoms with E-state index in [-0.39, 0.29) is 5.91 Å². The Labute approximate surface area is 132 Å². The lowest BCUT2D eigenvalue weighted by molar-refractivity contribution is 0.0963. The van der Waals surface area contributed by atoms with Crippen molar-refractivity contribution in [2.24, 2.45) is 0 Å². The van der Waals surface area contributed by atoms with E-state index in [1.807, 2.05) is 12.1 Å². The summed E-state index contributed by atoms with van der Waals surface area (Å²) in [6, 6.07) is 19.3. The van der Waals surface area contributed by atoms with Crippen LogP contribution in [0.4, 0.5) is 0 Å². The first-order valence-electron chi connectivity index (χ1n) is 7.85. The standard InChI is InChI=1S/C19H22N2O/c1-20-19(22)17-9-7-16(8-10-17)14-21(18-11-12-18)13-15-5-3-2-4-6-15/h2-10,18H,11-14H2,1H3,(H,20,22). The highest BCUT2D eigenvalue weighted by Crippen LogP contribution is 2.29. The molecule has 0 saturated heterocycles. The molecule has 22 heavy (non-hydrogen) atoms. The van der Waals surface area contributed by atoms with Crippen LogP contribution >= 0.6 is 0 Å². The van der Waals surface area contributed by atoms with Gasteiger partial charge in [-0.3, -0.25) is 9.69 Å². The van der Waals surface area contributed by atoms with E-state index in [9.17, 15) is 4.79 Å². The SMILES string of the molecule is CNC(=O)c1ccc(CN(Cc2ccccc2)C2CC2)cc1. The van der Waals surface area contributed by atoms with E-state index in [1.165, 1.54) is 24.0 Å². The molecule has 1 aliphatic rings. The minimum atomic E-state index is -0.0325. The van der Waals surface area contributed by atoms with Crippen LogP contribution in [0, 0.1) is 0 Å². The largest absolute Gasteiger partial charge is 0.355 e. The Morgan fingerprint density at radius 1 is 1.00 bits per heavy atom. The lowest BCUT2D eigenvalue weighted by atomic mass is 10.1. The van der Waals surface area contributed by atoms with Crippen LogP contribution in [0.2, 0.25) is 0 Å². The predicted molar refractivity (Wildman–Crippen MR) is 88.5 cm³/mol. The Kier molecular flexibility index (Phi) is 4.54. The maximum Gasteiger partial charge on any atom is 0.251 e. The van der Waals surface area contributed by atoms with Gasteiger partial charge < -0.3 is 5.32 Å². The summed E-state index contributed by atoms with van der Waals surface area (Å²) in [6.07, 6.45) is 2.59. The Morgan fingerprint density at radius 3 is 2.14 bits per heavy atom. The number of hydrogen-bond donors (Lipinski definition) is 1. The summed E-state index contributed by atoms with van der Waals surface area (Å²) in [5.41, 5.74) is 3.33. The molecule has 1 fully saturated rings. The molecule has 114 valence electrons. The number of carbonyl (C=O) groups excluding carboxylic acids is 1. The van der Waals surface area contributed by atoms with Gasteiger partial charge in [0.1, 0.15) is 0 Å². The smallest absolute Gasteiger partial charge is 0.251 e. The molecule has 0 atom stereocenters. The maximum atomic E-state index is 11.6. The molecule has 0 heterocycles. The van der Waals surface area contributed by atoms with E-state index in [0.29, 0.717) is 11.6 Å². The molecule has 1 amide bonds. The van der Waals surface area contributed by atoms with Crippen molar-refractivity contribution in [3.8, 4) is 0 Å².